The third-order valence-corrected chi connectivity index (χ3v) is 6.34. The second-order valence-electron chi connectivity index (χ2n) is 7.49. The molecule has 0 aliphatic carbocycles. The summed E-state index contributed by atoms with van der Waals surface area (Å²) in [5.74, 6) is -0.908. The molecule has 0 spiro atoms. The van der Waals surface area contributed by atoms with Crippen molar-refractivity contribution in [3.8, 4) is 0 Å². The molecule has 2 heterocycles. The molecule has 33 heavy (non-hydrogen) atoms. The molecule has 4 rings (SSSR count). The fraction of sp³-hybridized carbons (Fsp3) is 0.318. The molecule has 11 heteroatoms. The predicted octanol–water partition coefficient (Wildman–Crippen LogP) is 4.98. The minimum Gasteiger partial charge on any atom is -0.376 e. The lowest BCUT2D eigenvalue weighted by atomic mass is 10.1. The summed E-state index contributed by atoms with van der Waals surface area (Å²) in [5, 5.41) is 2.94. The molecule has 1 saturated heterocycles. The van der Waals surface area contributed by atoms with Crippen LogP contribution in [0.4, 0.5) is 18.9 Å². The van der Waals surface area contributed by atoms with Gasteiger partial charge in [-0.25, -0.2) is 4.98 Å². The van der Waals surface area contributed by atoms with E-state index in [9.17, 15) is 22.8 Å². The van der Waals surface area contributed by atoms with Crippen molar-refractivity contribution >= 4 is 45.9 Å². The Kier molecular flexibility index (Phi) is 6.96. The molecule has 1 aliphatic rings. The van der Waals surface area contributed by atoms with E-state index in [-0.39, 0.29) is 34.7 Å². The second kappa shape index (κ2) is 9.74. The molecular weight excluding hydrogens is 479 g/mol. The predicted molar refractivity (Wildman–Crippen MR) is 121 cm³/mol. The van der Waals surface area contributed by atoms with Crippen LogP contribution in [-0.2, 0) is 22.3 Å². The summed E-state index contributed by atoms with van der Waals surface area (Å²) in [7, 11) is 0. The molecule has 1 amide bonds. The van der Waals surface area contributed by atoms with Gasteiger partial charge >= 0.3 is 6.18 Å². The highest BCUT2D eigenvalue weighted by atomic mass is 35.5. The molecule has 3 aromatic rings. The summed E-state index contributed by atoms with van der Waals surface area (Å²) in [6, 6.07) is 10.00. The highest BCUT2D eigenvalue weighted by Gasteiger charge is 2.34. The number of aromatic nitrogens is 2. The number of nitrogens with zero attached hydrogens (tertiary/aromatic N) is 2. The number of alkyl halides is 3. The van der Waals surface area contributed by atoms with Crippen molar-refractivity contribution in [2.45, 2.75) is 36.8 Å². The fourth-order valence-electron chi connectivity index (χ4n) is 3.59. The van der Waals surface area contributed by atoms with E-state index in [0.717, 1.165) is 36.7 Å². The minimum absolute atomic E-state index is 0.0896. The molecular formula is C22H19ClF3N3O3S. The highest BCUT2D eigenvalue weighted by Crippen LogP contribution is 2.36. The van der Waals surface area contributed by atoms with E-state index in [1.54, 1.807) is 24.3 Å². The quantitative estimate of drug-likeness (QED) is 0.384. The van der Waals surface area contributed by atoms with E-state index in [4.69, 9.17) is 16.3 Å². The van der Waals surface area contributed by atoms with Crippen molar-refractivity contribution in [1.82, 2.24) is 9.55 Å². The van der Waals surface area contributed by atoms with Crippen molar-refractivity contribution in [3.05, 3.63) is 63.4 Å². The third kappa shape index (κ3) is 5.51. The molecule has 6 nitrogen and oxygen atoms in total. The Labute approximate surface area is 196 Å². The van der Waals surface area contributed by atoms with Gasteiger partial charge in [-0.05, 0) is 43.2 Å². The smallest absolute Gasteiger partial charge is 0.376 e. The molecule has 1 N–H and O–H groups in total. The van der Waals surface area contributed by atoms with Crippen LogP contribution in [0.15, 0.2) is 52.4 Å². The number of carbonyl (C=O) groups excluding carboxylic acids is 1. The van der Waals surface area contributed by atoms with Gasteiger partial charge in [-0.2, -0.15) is 13.2 Å². The summed E-state index contributed by atoms with van der Waals surface area (Å²) in [6.07, 6.45) is -3.11. The second-order valence-corrected chi connectivity index (χ2v) is 8.87. The lowest BCUT2D eigenvalue weighted by Gasteiger charge is -2.17. The van der Waals surface area contributed by atoms with Gasteiger partial charge in [-0.3, -0.25) is 14.2 Å². The number of anilines is 1. The van der Waals surface area contributed by atoms with E-state index in [2.05, 4.69) is 10.3 Å². The van der Waals surface area contributed by atoms with Gasteiger partial charge < -0.3 is 10.1 Å². The van der Waals surface area contributed by atoms with Gasteiger partial charge in [0.2, 0.25) is 5.91 Å². The number of ether oxygens (including phenoxy) is 1. The Balaban J connectivity index is 1.57. The fourth-order valence-corrected chi connectivity index (χ4v) is 4.57. The molecule has 0 saturated carbocycles. The normalized spacial score (nSPS) is 16.3. The summed E-state index contributed by atoms with van der Waals surface area (Å²) >= 11 is 6.66. The minimum atomic E-state index is -4.68. The first-order valence-corrected chi connectivity index (χ1v) is 11.5. The van der Waals surface area contributed by atoms with E-state index in [1.165, 1.54) is 10.6 Å². The maximum Gasteiger partial charge on any atom is 0.418 e. The van der Waals surface area contributed by atoms with Crippen LogP contribution in [-0.4, -0.2) is 33.9 Å². The third-order valence-electron chi connectivity index (χ3n) is 5.13. The number of hydrogen-bond acceptors (Lipinski definition) is 5. The van der Waals surface area contributed by atoms with Gasteiger partial charge in [0, 0.05) is 11.6 Å². The molecule has 1 fully saturated rings. The standard InChI is InChI=1S/C22H19ClF3N3O3S/c23-13-7-8-18(16(10-13)22(24,25)26)27-19(30)12-33-21-28-17-6-2-1-5-15(17)20(31)29(21)11-14-4-3-9-32-14/h1-2,5-8,10,14H,3-4,9,11-12H2,(H,27,30). The maximum absolute atomic E-state index is 13.3. The number of halogens is 4. The van der Waals surface area contributed by atoms with Gasteiger partial charge in [0.1, 0.15) is 0 Å². The lowest BCUT2D eigenvalue weighted by molar-refractivity contribution is -0.137. The maximum atomic E-state index is 13.3. The topological polar surface area (TPSA) is 73.2 Å². The SMILES string of the molecule is O=C(CSc1nc2ccccc2c(=O)n1CC1CCCO1)Nc1ccc(Cl)cc1C(F)(F)F. The number of thioether (sulfide) groups is 1. The van der Waals surface area contributed by atoms with Gasteiger partial charge in [0.25, 0.3) is 5.56 Å². The van der Waals surface area contributed by atoms with Gasteiger partial charge in [-0.1, -0.05) is 35.5 Å². The summed E-state index contributed by atoms with van der Waals surface area (Å²) in [5.41, 5.74) is -1.20. The summed E-state index contributed by atoms with van der Waals surface area (Å²) in [4.78, 5) is 30.1. The van der Waals surface area contributed by atoms with Crippen molar-refractivity contribution in [2.24, 2.45) is 0 Å². The average molecular weight is 498 g/mol. The zero-order chi connectivity index (χ0) is 23.6. The van der Waals surface area contributed by atoms with Gasteiger partial charge in [-0.15, -0.1) is 0 Å². The van der Waals surface area contributed by atoms with Crippen molar-refractivity contribution in [2.75, 3.05) is 17.7 Å². The number of hydrogen-bond donors (Lipinski definition) is 1. The molecule has 1 aromatic heterocycles. The molecule has 1 atom stereocenters. The van der Waals surface area contributed by atoms with Crippen LogP contribution in [0.5, 0.6) is 0 Å². The first-order valence-electron chi connectivity index (χ1n) is 10.1. The zero-order valence-electron chi connectivity index (χ0n) is 17.2. The number of fused-ring (bicyclic) bond motifs is 1. The van der Waals surface area contributed by atoms with Crippen LogP contribution in [0.3, 0.4) is 0 Å². The van der Waals surface area contributed by atoms with Crippen molar-refractivity contribution in [3.63, 3.8) is 0 Å². The molecule has 0 radical (unpaired) electrons. The first-order chi connectivity index (χ1) is 15.7. The number of amides is 1. The number of rotatable bonds is 6. The Morgan fingerprint density at radius 2 is 2.06 bits per heavy atom. The Morgan fingerprint density at radius 3 is 2.79 bits per heavy atom. The Morgan fingerprint density at radius 1 is 1.27 bits per heavy atom. The lowest BCUT2D eigenvalue weighted by Crippen LogP contribution is -2.29. The van der Waals surface area contributed by atoms with Crippen LogP contribution in [0, 0.1) is 0 Å². The van der Waals surface area contributed by atoms with E-state index >= 15 is 0 Å². The van der Waals surface area contributed by atoms with E-state index in [0.29, 0.717) is 22.7 Å². The van der Waals surface area contributed by atoms with Crippen molar-refractivity contribution in [1.29, 1.82) is 0 Å². The van der Waals surface area contributed by atoms with Crippen LogP contribution >= 0.6 is 23.4 Å². The van der Waals surface area contributed by atoms with E-state index < -0.39 is 17.6 Å². The number of benzene rings is 2. The van der Waals surface area contributed by atoms with Gasteiger partial charge in [0.05, 0.1) is 40.6 Å². The number of nitrogens with one attached hydrogen (secondary N) is 1. The van der Waals surface area contributed by atoms with Crippen molar-refractivity contribution < 1.29 is 22.7 Å². The highest BCUT2D eigenvalue weighted by molar-refractivity contribution is 7.99. The van der Waals surface area contributed by atoms with E-state index in [1.807, 2.05) is 0 Å². The molecule has 1 aliphatic heterocycles. The molecule has 1 unspecified atom stereocenters. The zero-order valence-corrected chi connectivity index (χ0v) is 18.8. The average Bonchev–Trinajstić information content (AvgIpc) is 3.28. The Hall–Kier alpha value is -2.56. The van der Waals surface area contributed by atoms with Crippen LogP contribution in [0.25, 0.3) is 10.9 Å². The first kappa shape index (κ1) is 23.6. The largest absolute Gasteiger partial charge is 0.418 e. The van der Waals surface area contributed by atoms with Crippen LogP contribution in [0.1, 0.15) is 18.4 Å². The molecule has 0 bridgehead atoms. The van der Waals surface area contributed by atoms with Crippen LogP contribution in [0.2, 0.25) is 5.02 Å². The summed E-state index contributed by atoms with van der Waals surface area (Å²) < 4.78 is 47.0. The number of carbonyl (C=O) groups is 1. The molecule has 2 aromatic carbocycles. The Bertz CT molecular complexity index is 1240. The summed E-state index contributed by atoms with van der Waals surface area (Å²) in [6.45, 7) is 0.907. The number of para-hydroxylation sites is 1. The molecule has 174 valence electrons. The monoisotopic (exact) mass is 497 g/mol. The van der Waals surface area contributed by atoms with Gasteiger partial charge in [0.15, 0.2) is 5.16 Å². The van der Waals surface area contributed by atoms with Crippen LogP contribution < -0.4 is 10.9 Å².